The Hall–Kier alpha value is -3.39. The molecule has 2 aromatic carbocycles. The maximum absolute atomic E-state index is 12.4. The summed E-state index contributed by atoms with van der Waals surface area (Å²) < 4.78 is 66.7. The van der Waals surface area contributed by atoms with Gasteiger partial charge in [-0.15, -0.1) is 0 Å². The van der Waals surface area contributed by atoms with Crippen molar-refractivity contribution >= 4 is 81.1 Å². The van der Waals surface area contributed by atoms with Gasteiger partial charge in [0.25, 0.3) is 20.0 Å². The monoisotopic (exact) mass is 744 g/mol. The van der Waals surface area contributed by atoms with Crippen LogP contribution in [0.2, 0.25) is 0 Å². The van der Waals surface area contributed by atoms with Crippen molar-refractivity contribution in [3.63, 3.8) is 0 Å². The Bertz CT molecular complexity index is 1730. The Morgan fingerprint density at radius 1 is 0.886 bits per heavy atom. The van der Waals surface area contributed by atoms with Crippen LogP contribution in [0.4, 0.5) is 20.7 Å². The van der Waals surface area contributed by atoms with E-state index in [1.165, 1.54) is 24.8 Å². The molecular weight excluding hydrogens is 716 g/mol. The van der Waals surface area contributed by atoms with Crippen LogP contribution >= 0.6 is 39.0 Å². The van der Waals surface area contributed by atoms with Gasteiger partial charge in [-0.1, -0.05) is 15.9 Å². The first-order valence-corrected chi connectivity index (χ1v) is 18.2. The largest absolute Gasteiger partial charge is 0.444 e. The molecule has 236 valence electrons. The van der Waals surface area contributed by atoms with Gasteiger partial charge in [0, 0.05) is 46.3 Å². The number of nitrogens with zero attached hydrogens (tertiary/aromatic N) is 5. The van der Waals surface area contributed by atoms with Gasteiger partial charge in [-0.3, -0.25) is 9.44 Å². The highest BCUT2D eigenvalue weighted by Gasteiger charge is 2.27. The minimum atomic E-state index is -3.70. The Kier molecular flexibility index (Phi) is 10.8. The number of rotatable bonds is 8. The molecule has 0 saturated carbocycles. The smallest absolute Gasteiger partial charge is 0.407 e. The van der Waals surface area contributed by atoms with Crippen molar-refractivity contribution in [2.24, 2.45) is 0 Å². The van der Waals surface area contributed by atoms with Gasteiger partial charge in [0.2, 0.25) is 10.3 Å². The molecule has 44 heavy (non-hydrogen) atoms. The summed E-state index contributed by atoms with van der Waals surface area (Å²) in [6.07, 6.45) is 2.95. The van der Waals surface area contributed by atoms with E-state index < -0.39 is 31.7 Å². The Morgan fingerprint density at radius 3 is 1.84 bits per heavy atom. The highest BCUT2D eigenvalue weighted by atomic mass is 79.9. The minimum absolute atomic E-state index is 0.0164. The lowest BCUT2D eigenvalue weighted by Gasteiger charge is -2.22. The lowest BCUT2D eigenvalue weighted by molar-refractivity contribution is 0.0509. The summed E-state index contributed by atoms with van der Waals surface area (Å²) in [6.45, 7) is 6.86. The number of carbonyl (C=O) groups excluding carboxylic acids is 1. The predicted octanol–water partition coefficient (Wildman–Crippen LogP) is 4.54. The molecule has 1 fully saturated rings. The van der Waals surface area contributed by atoms with Gasteiger partial charge >= 0.3 is 6.09 Å². The van der Waals surface area contributed by atoms with Gasteiger partial charge in [0.05, 0.1) is 15.8 Å². The van der Waals surface area contributed by atoms with E-state index in [1.54, 1.807) is 36.4 Å². The van der Waals surface area contributed by atoms with E-state index in [1.807, 2.05) is 20.8 Å². The lowest BCUT2D eigenvalue weighted by atomic mass is 10.2. The zero-order valence-electron chi connectivity index (χ0n) is 23.7. The normalized spacial score (nSPS) is 15.2. The van der Waals surface area contributed by atoms with Crippen molar-refractivity contribution < 1.29 is 26.4 Å². The Labute approximate surface area is 271 Å². The van der Waals surface area contributed by atoms with E-state index in [0.29, 0.717) is 6.54 Å². The van der Waals surface area contributed by atoms with Crippen LogP contribution in [0.1, 0.15) is 27.2 Å². The third-order valence-corrected chi connectivity index (χ3v) is 10.4. The molecule has 1 aliphatic heterocycles. The van der Waals surface area contributed by atoms with Crippen LogP contribution in [-0.2, 0) is 24.8 Å². The van der Waals surface area contributed by atoms with E-state index in [2.05, 4.69) is 54.3 Å². The molecule has 0 spiro atoms. The molecule has 5 rings (SSSR count). The van der Waals surface area contributed by atoms with Crippen molar-refractivity contribution in [3.8, 4) is 0 Å². The van der Waals surface area contributed by atoms with Gasteiger partial charge < -0.3 is 15.0 Å². The Balaban J connectivity index is 0.000000233. The second kappa shape index (κ2) is 14.1. The number of amides is 1. The molecule has 0 aliphatic carbocycles. The van der Waals surface area contributed by atoms with Gasteiger partial charge in [-0.25, -0.2) is 31.6 Å². The molecule has 3 heterocycles. The molecule has 0 unspecified atom stereocenters. The molecular formula is C25H29BrN8O6S4. The quantitative estimate of drug-likeness (QED) is 0.230. The number of ether oxygens (including phenoxy) is 1. The maximum Gasteiger partial charge on any atom is 0.407 e. The first-order chi connectivity index (χ1) is 20.7. The van der Waals surface area contributed by atoms with Gasteiger partial charge in [-0.05, 0) is 75.7 Å². The molecule has 1 amide bonds. The first-order valence-electron chi connectivity index (χ1n) is 12.9. The van der Waals surface area contributed by atoms with Crippen LogP contribution in [0.15, 0.2) is 75.4 Å². The number of aromatic nitrogens is 4. The summed E-state index contributed by atoms with van der Waals surface area (Å²) >= 11 is 5.20. The average molecular weight is 746 g/mol. The van der Waals surface area contributed by atoms with E-state index in [9.17, 15) is 21.6 Å². The highest BCUT2D eigenvalue weighted by Crippen LogP contribution is 2.24. The number of hydrogen-bond acceptors (Lipinski definition) is 13. The summed E-state index contributed by atoms with van der Waals surface area (Å²) in [7, 11) is -7.26. The molecule has 19 heteroatoms. The van der Waals surface area contributed by atoms with Crippen molar-refractivity contribution in [2.45, 2.75) is 48.6 Å². The maximum atomic E-state index is 12.4. The molecule has 0 bridgehead atoms. The lowest BCUT2D eigenvalue weighted by Crippen LogP contribution is -2.40. The van der Waals surface area contributed by atoms with Gasteiger partial charge in [-0.2, -0.15) is 8.75 Å². The fourth-order valence-electron chi connectivity index (χ4n) is 3.82. The number of anilines is 3. The third kappa shape index (κ3) is 9.81. The van der Waals surface area contributed by atoms with Crippen LogP contribution in [0.25, 0.3) is 0 Å². The zero-order valence-corrected chi connectivity index (χ0v) is 28.5. The summed E-state index contributed by atoms with van der Waals surface area (Å²) in [4.78, 5) is 21.9. The number of hydrogen-bond donors (Lipinski definition) is 3. The second-order valence-corrected chi connectivity index (χ2v) is 16.1. The molecule has 4 aromatic rings. The van der Waals surface area contributed by atoms with Gasteiger partial charge in [0.15, 0.2) is 0 Å². The van der Waals surface area contributed by atoms with Crippen molar-refractivity contribution in [1.82, 2.24) is 24.0 Å². The molecule has 1 atom stereocenters. The fourth-order valence-corrected chi connectivity index (χ4v) is 7.41. The van der Waals surface area contributed by atoms with Crippen LogP contribution in [0.5, 0.6) is 0 Å². The van der Waals surface area contributed by atoms with Crippen molar-refractivity contribution in [3.05, 3.63) is 65.7 Å². The number of benzene rings is 2. The van der Waals surface area contributed by atoms with E-state index >= 15 is 0 Å². The van der Waals surface area contributed by atoms with Crippen LogP contribution in [0, 0.1) is 0 Å². The van der Waals surface area contributed by atoms with Crippen LogP contribution in [-0.4, -0.2) is 66.4 Å². The molecule has 1 saturated heterocycles. The standard InChI is InChI=1S/C17H23N5O4S2.C8H6BrN3O2S2/c1-17(2,3)26-16(23)20-12-8-9-22(10-12)13-4-6-14(7-5-13)28(24,25)21-15-18-11-19-27-15;9-6-1-3-7(4-2-6)16(13,14)12-8-10-5-11-15-8/h4-7,11-12H,8-10H2,1-3H3,(H,20,23)(H,18,19,21);1-5H,(H,10,11,12)/t12-;/m0./s1. The second-order valence-electron chi connectivity index (χ2n) is 10.2. The van der Waals surface area contributed by atoms with E-state index in [0.717, 1.165) is 46.2 Å². The zero-order chi connectivity index (χ0) is 32.0. The van der Waals surface area contributed by atoms with Crippen LogP contribution < -0.4 is 19.7 Å². The van der Waals surface area contributed by atoms with Gasteiger partial charge in [0.1, 0.15) is 18.3 Å². The fraction of sp³-hybridized carbons (Fsp3) is 0.320. The van der Waals surface area contributed by atoms with Crippen molar-refractivity contribution in [2.75, 3.05) is 27.4 Å². The van der Waals surface area contributed by atoms with Crippen LogP contribution in [0.3, 0.4) is 0 Å². The molecule has 3 N–H and O–H groups in total. The summed E-state index contributed by atoms with van der Waals surface area (Å²) in [5.41, 5.74) is 0.357. The number of sulfonamides is 2. The van der Waals surface area contributed by atoms with E-state index in [-0.39, 0.29) is 26.1 Å². The van der Waals surface area contributed by atoms with Crippen molar-refractivity contribution in [1.29, 1.82) is 0 Å². The number of alkyl carbamates (subject to hydrolysis) is 1. The first kappa shape index (κ1) is 33.5. The highest BCUT2D eigenvalue weighted by molar-refractivity contribution is 9.10. The number of nitrogens with one attached hydrogen (secondary N) is 3. The van der Waals surface area contributed by atoms with E-state index in [4.69, 9.17) is 4.74 Å². The number of halogens is 1. The SMILES string of the molecule is CC(C)(C)OC(=O)N[C@H]1CCN(c2ccc(S(=O)(=O)Nc3ncns3)cc2)C1.O=S(=O)(Nc1ncns1)c1ccc(Br)cc1. The average Bonchev–Trinajstić information content (AvgIpc) is 3.72. The topological polar surface area (TPSA) is 185 Å². The summed E-state index contributed by atoms with van der Waals surface area (Å²) in [6, 6.07) is 12.9. The summed E-state index contributed by atoms with van der Waals surface area (Å²) in [5, 5.41) is 3.35. The molecule has 1 aliphatic rings. The predicted molar refractivity (Wildman–Crippen MR) is 172 cm³/mol. The minimum Gasteiger partial charge on any atom is -0.444 e. The number of carbonyl (C=O) groups is 1. The molecule has 2 aromatic heterocycles. The summed E-state index contributed by atoms with van der Waals surface area (Å²) in [5.74, 6) is 0. The molecule has 14 nitrogen and oxygen atoms in total. The Morgan fingerprint density at radius 2 is 1.39 bits per heavy atom. The third-order valence-electron chi connectivity index (χ3n) is 5.71. The molecule has 0 radical (unpaired) electrons.